The summed E-state index contributed by atoms with van der Waals surface area (Å²) in [4.78, 5) is 10.9. The first-order chi connectivity index (χ1) is 8.08. The fourth-order valence-electron chi connectivity index (χ4n) is 2.11. The van der Waals surface area contributed by atoms with Crippen molar-refractivity contribution in [2.45, 2.75) is 20.4 Å². The number of furan rings is 2. The molecule has 2 aromatic heterocycles. The van der Waals surface area contributed by atoms with Crippen molar-refractivity contribution in [2.24, 2.45) is 0 Å². The van der Waals surface area contributed by atoms with Gasteiger partial charge in [-0.3, -0.25) is 0 Å². The lowest BCUT2D eigenvalue weighted by Gasteiger charge is -2.11. The van der Waals surface area contributed by atoms with Crippen molar-refractivity contribution in [2.75, 3.05) is 5.32 Å². The van der Waals surface area contributed by atoms with Crippen LogP contribution in [0.5, 0.6) is 0 Å². The average molecular weight is 233 g/mol. The third-order valence-electron chi connectivity index (χ3n) is 3.07. The molecule has 1 aliphatic heterocycles. The van der Waals surface area contributed by atoms with Crippen LogP contribution in [0.25, 0.3) is 11.3 Å². The Balaban J connectivity index is 2.24. The highest BCUT2D eigenvalue weighted by Crippen LogP contribution is 2.42. The molecule has 0 radical (unpaired) electrons. The topological polar surface area (TPSA) is 75.6 Å². The fraction of sp³-hybridized carbons (Fsp3) is 0.250. The van der Waals surface area contributed by atoms with Gasteiger partial charge in [-0.15, -0.1) is 0 Å². The number of nitrogens with one attached hydrogen (secondary N) is 1. The van der Waals surface area contributed by atoms with Crippen LogP contribution in [-0.4, -0.2) is 11.1 Å². The van der Waals surface area contributed by atoms with Gasteiger partial charge in [0.05, 0.1) is 17.8 Å². The van der Waals surface area contributed by atoms with Gasteiger partial charge in [0.1, 0.15) is 11.5 Å². The van der Waals surface area contributed by atoms with Gasteiger partial charge in [0.2, 0.25) is 5.76 Å². The van der Waals surface area contributed by atoms with Gasteiger partial charge in [-0.2, -0.15) is 0 Å². The summed E-state index contributed by atoms with van der Waals surface area (Å²) >= 11 is 0. The molecular formula is C12H11NO4. The summed E-state index contributed by atoms with van der Waals surface area (Å²) < 4.78 is 11.0. The molecular weight excluding hydrogens is 222 g/mol. The van der Waals surface area contributed by atoms with Crippen LogP contribution in [0.1, 0.15) is 27.6 Å². The molecule has 0 fully saturated rings. The summed E-state index contributed by atoms with van der Waals surface area (Å²) in [5.74, 6) is 1.05. The summed E-state index contributed by atoms with van der Waals surface area (Å²) in [5.41, 5.74) is 2.58. The number of aromatic carboxylic acids is 1. The van der Waals surface area contributed by atoms with Crippen LogP contribution in [0.3, 0.4) is 0 Å². The first-order valence-electron chi connectivity index (χ1n) is 5.28. The second kappa shape index (κ2) is 3.16. The van der Waals surface area contributed by atoms with Gasteiger partial charge in [0.15, 0.2) is 5.76 Å². The Morgan fingerprint density at radius 2 is 2.18 bits per heavy atom. The largest absolute Gasteiger partial charge is 0.475 e. The summed E-state index contributed by atoms with van der Waals surface area (Å²) in [6.07, 6.45) is 0. The van der Waals surface area contributed by atoms with Crippen molar-refractivity contribution in [3.8, 4) is 11.3 Å². The molecule has 1 aliphatic rings. The van der Waals surface area contributed by atoms with E-state index >= 15 is 0 Å². The van der Waals surface area contributed by atoms with Crippen LogP contribution < -0.4 is 5.32 Å². The van der Waals surface area contributed by atoms with Gasteiger partial charge in [0, 0.05) is 11.6 Å². The number of carboxylic acids is 1. The van der Waals surface area contributed by atoms with Gasteiger partial charge in [-0.1, -0.05) is 0 Å². The molecule has 5 nitrogen and oxygen atoms in total. The van der Waals surface area contributed by atoms with E-state index < -0.39 is 5.97 Å². The van der Waals surface area contributed by atoms with Crippen molar-refractivity contribution in [3.05, 3.63) is 28.9 Å². The minimum atomic E-state index is -1.07. The molecule has 2 N–H and O–H groups in total. The molecule has 17 heavy (non-hydrogen) atoms. The smallest absolute Gasteiger partial charge is 0.371 e. The zero-order chi connectivity index (χ0) is 12.2. The van der Waals surface area contributed by atoms with Gasteiger partial charge < -0.3 is 19.3 Å². The lowest BCUT2D eigenvalue weighted by atomic mass is 10.0. The molecule has 5 heteroatoms. The molecule has 0 aromatic carbocycles. The number of carbonyl (C=O) groups is 1. The summed E-state index contributed by atoms with van der Waals surface area (Å²) in [6, 6.07) is 1.50. The number of rotatable bonds is 1. The van der Waals surface area contributed by atoms with E-state index in [-0.39, 0.29) is 5.76 Å². The molecule has 88 valence electrons. The Kier molecular flexibility index (Phi) is 1.86. The monoisotopic (exact) mass is 233 g/mol. The Labute approximate surface area is 97.0 Å². The second-order valence-corrected chi connectivity index (χ2v) is 4.09. The van der Waals surface area contributed by atoms with Gasteiger partial charge >= 0.3 is 5.97 Å². The number of aryl methyl sites for hydroxylation is 1. The van der Waals surface area contributed by atoms with E-state index in [0.717, 1.165) is 22.6 Å². The third kappa shape index (κ3) is 1.28. The molecule has 0 atom stereocenters. The highest BCUT2D eigenvalue weighted by Gasteiger charge is 2.28. The van der Waals surface area contributed by atoms with Gasteiger partial charge in [-0.25, -0.2) is 4.79 Å². The standard InChI is InChI=1S/C12H11NO4/c1-5-6(2)16-9-4-13-7-3-8(12(14)15)17-11(7)10(5)9/h3,13H,4H2,1-2H3,(H,14,15). The summed E-state index contributed by atoms with van der Waals surface area (Å²) in [7, 11) is 0. The van der Waals surface area contributed by atoms with Crippen LogP contribution in [0.15, 0.2) is 14.9 Å². The van der Waals surface area contributed by atoms with Crippen LogP contribution in [-0.2, 0) is 6.54 Å². The number of carboxylic acid groups (broad SMARTS) is 1. The van der Waals surface area contributed by atoms with Crippen LogP contribution in [0.2, 0.25) is 0 Å². The first kappa shape index (κ1) is 10.0. The van der Waals surface area contributed by atoms with E-state index in [9.17, 15) is 4.79 Å². The normalized spacial score (nSPS) is 12.8. The van der Waals surface area contributed by atoms with Gasteiger partial charge in [-0.05, 0) is 13.8 Å². The van der Waals surface area contributed by atoms with E-state index in [2.05, 4.69) is 5.32 Å². The molecule has 0 spiro atoms. The Hall–Kier alpha value is -2.17. The fourth-order valence-corrected chi connectivity index (χ4v) is 2.11. The Morgan fingerprint density at radius 3 is 2.88 bits per heavy atom. The number of hydrogen-bond acceptors (Lipinski definition) is 4. The molecule has 0 bridgehead atoms. The maximum absolute atomic E-state index is 10.9. The first-order valence-corrected chi connectivity index (χ1v) is 5.28. The lowest BCUT2D eigenvalue weighted by Crippen LogP contribution is -2.04. The van der Waals surface area contributed by atoms with Crippen molar-refractivity contribution in [3.63, 3.8) is 0 Å². The van der Waals surface area contributed by atoms with Crippen molar-refractivity contribution in [1.82, 2.24) is 0 Å². The van der Waals surface area contributed by atoms with Crippen molar-refractivity contribution in [1.29, 1.82) is 0 Å². The average Bonchev–Trinajstić information content (AvgIpc) is 2.81. The zero-order valence-corrected chi connectivity index (χ0v) is 9.46. The van der Waals surface area contributed by atoms with Crippen LogP contribution in [0, 0.1) is 13.8 Å². The molecule has 3 rings (SSSR count). The molecule has 3 heterocycles. The molecule has 0 saturated heterocycles. The molecule has 0 amide bonds. The minimum Gasteiger partial charge on any atom is -0.475 e. The number of hydrogen-bond donors (Lipinski definition) is 2. The molecule has 0 saturated carbocycles. The van der Waals surface area contributed by atoms with Crippen LogP contribution >= 0.6 is 0 Å². The second-order valence-electron chi connectivity index (χ2n) is 4.09. The maximum atomic E-state index is 10.9. The zero-order valence-electron chi connectivity index (χ0n) is 9.46. The van der Waals surface area contributed by atoms with E-state index in [1.54, 1.807) is 0 Å². The predicted octanol–water partition coefficient (Wildman–Crippen LogP) is 2.78. The lowest BCUT2D eigenvalue weighted by molar-refractivity contribution is 0.0663. The highest BCUT2D eigenvalue weighted by molar-refractivity contribution is 5.90. The summed E-state index contributed by atoms with van der Waals surface area (Å²) in [6.45, 7) is 4.37. The van der Waals surface area contributed by atoms with E-state index in [4.69, 9.17) is 13.9 Å². The predicted molar refractivity (Wildman–Crippen MR) is 60.2 cm³/mol. The minimum absolute atomic E-state index is 0.0615. The van der Waals surface area contributed by atoms with E-state index in [1.165, 1.54) is 6.07 Å². The van der Waals surface area contributed by atoms with Crippen molar-refractivity contribution >= 4 is 11.7 Å². The SMILES string of the molecule is Cc1oc2c(c1C)-c1oc(C(=O)O)cc1NC2. The maximum Gasteiger partial charge on any atom is 0.371 e. The molecule has 0 unspecified atom stereocenters. The van der Waals surface area contributed by atoms with Gasteiger partial charge in [0.25, 0.3) is 0 Å². The molecule has 0 aliphatic carbocycles. The Morgan fingerprint density at radius 1 is 1.41 bits per heavy atom. The van der Waals surface area contributed by atoms with Crippen LogP contribution in [0.4, 0.5) is 5.69 Å². The molecule has 2 aromatic rings. The Bertz CT molecular complexity index is 621. The highest BCUT2D eigenvalue weighted by atomic mass is 16.4. The van der Waals surface area contributed by atoms with Crippen molar-refractivity contribution < 1.29 is 18.7 Å². The summed E-state index contributed by atoms with van der Waals surface area (Å²) in [5, 5.41) is 12.0. The van der Waals surface area contributed by atoms with E-state index in [0.29, 0.717) is 18.0 Å². The quantitative estimate of drug-likeness (QED) is 0.792. The number of fused-ring (bicyclic) bond motifs is 3. The van der Waals surface area contributed by atoms with E-state index in [1.807, 2.05) is 13.8 Å². The third-order valence-corrected chi connectivity index (χ3v) is 3.07. The number of anilines is 1.